The molecular formula is C13H13BrClN3. The van der Waals surface area contributed by atoms with Gasteiger partial charge in [-0.3, -0.25) is 0 Å². The van der Waals surface area contributed by atoms with Gasteiger partial charge in [-0.2, -0.15) is 0 Å². The van der Waals surface area contributed by atoms with Crippen LogP contribution < -0.4 is 10.6 Å². The fourth-order valence-electron chi connectivity index (χ4n) is 1.51. The van der Waals surface area contributed by atoms with Gasteiger partial charge in [-0.05, 0) is 37.3 Å². The average molecular weight is 327 g/mol. The molecule has 0 unspecified atom stereocenters. The highest BCUT2D eigenvalue weighted by atomic mass is 79.9. The molecule has 3 nitrogen and oxygen atoms in total. The Morgan fingerprint density at radius 1 is 1.22 bits per heavy atom. The van der Waals surface area contributed by atoms with Crippen LogP contribution in [-0.4, -0.2) is 11.5 Å². The van der Waals surface area contributed by atoms with Crippen LogP contribution in [0.5, 0.6) is 0 Å². The maximum absolute atomic E-state index is 6.14. The summed E-state index contributed by atoms with van der Waals surface area (Å²) in [6, 6.07) is 11.5. The molecule has 18 heavy (non-hydrogen) atoms. The van der Waals surface area contributed by atoms with E-state index in [1.807, 2.05) is 43.3 Å². The quantitative estimate of drug-likeness (QED) is 0.857. The molecule has 0 spiro atoms. The van der Waals surface area contributed by atoms with Gasteiger partial charge in [-0.15, -0.1) is 0 Å². The molecule has 0 aliphatic heterocycles. The highest BCUT2D eigenvalue weighted by Crippen LogP contribution is 2.28. The number of hydrogen-bond donors (Lipinski definition) is 2. The van der Waals surface area contributed by atoms with Gasteiger partial charge in [-0.1, -0.05) is 33.6 Å². The molecule has 94 valence electrons. The van der Waals surface area contributed by atoms with Crippen molar-refractivity contribution < 1.29 is 0 Å². The molecule has 0 fully saturated rings. The van der Waals surface area contributed by atoms with Crippen molar-refractivity contribution in [2.45, 2.75) is 6.92 Å². The molecular weight excluding hydrogens is 314 g/mol. The largest absolute Gasteiger partial charge is 0.370 e. The van der Waals surface area contributed by atoms with E-state index in [4.69, 9.17) is 11.6 Å². The lowest BCUT2D eigenvalue weighted by Crippen LogP contribution is -2.01. The topological polar surface area (TPSA) is 37.0 Å². The molecule has 0 aliphatic carbocycles. The molecule has 0 amide bonds. The Balaban J connectivity index is 2.20. The van der Waals surface area contributed by atoms with Gasteiger partial charge >= 0.3 is 0 Å². The summed E-state index contributed by atoms with van der Waals surface area (Å²) in [4.78, 5) is 4.43. The van der Waals surface area contributed by atoms with E-state index < -0.39 is 0 Å². The zero-order valence-electron chi connectivity index (χ0n) is 9.87. The molecule has 0 atom stereocenters. The first-order valence-corrected chi connectivity index (χ1v) is 6.79. The summed E-state index contributed by atoms with van der Waals surface area (Å²) in [5, 5.41) is 7.01. The molecule has 2 rings (SSSR count). The van der Waals surface area contributed by atoms with Crippen LogP contribution in [0.3, 0.4) is 0 Å². The summed E-state index contributed by atoms with van der Waals surface area (Å²) >= 11 is 9.52. The smallest absolute Gasteiger partial charge is 0.132 e. The first-order chi connectivity index (χ1) is 8.69. The summed E-state index contributed by atoms with van der Waals surface area (Å²) in [6.45, 7) is 2.88. The minimum absolute atomic E-state index is 0.653. The Kier molecular flexibility index (Phi) is 4.44. The van der Waals surface area contributed by atoms with Crippen molar-refractivity contribution >= 4 is 44.9 Å². The van der Waals surface area contributed by atoms with Crippen LogP contribution in [0.4, 0.5) is 17.3 Å². The summed E-state index contributed by atoms with van der Waals surface area (Å²) in [5.74, 6) is 1.61. The Labute approximate surface area is 120 Å². The van der Waals surface area contributed by atoms with Crippen LogP contribution in [0, 0.1) is 0 Å². The Morgan fingerprint density at radius 3 is 2.72 bits per heavy atom. The highest BCUT2D eigenvalue weighted by molar-refractivity contribution is 9.10. The van der Waals surface area contributed by atoms with Crippen molar-refractivity contribution in [2.24, 2.45) is 0 Å². The van der Waals surface area contributed by atoms with Crippen LogP contribution in [0.2, 0.25) is 5.02 Å². The van der Waals surface area contributed by atoms with Crippen molar-refractivity contribution in [1.82, 2.24) is 4.98 Å². The predicted octanol–water partition coefficient (Wildman–Crippen LogP) is 4.67. The number of aromatic nitrogens is 1. The Bertz CT molecular complexity index is 546. The monoisotopic (exact) mass is 325 g/mol. The molecule has 2 aromatic rings. The van der Waals surface area contributed by atoms with Crippen LogP contribution in [0.15, 0.2) is 40.9 Å². The van der Waals surface area contributed by atoms with Crippen LogP contribution >= 0.6 is 27.5 Å². The summed E-state index contributed by atoms with van der Waals surface area (Å²) in [5.41, 5.74) is 0.834. The van der Waals surface area contributed by atoms with Gasteiger partial charge in [-0.25, -0.2) is 4.98 Å². The maximum atomic E-state index is 6.14. The number of halogens is 2. The van der Waals surface area contributed by atoms with E-state index in [-0.39, 0.29) is 0 Å². The summed E-state index contributed by atoms with van der Waals surface area (Å²) in [7, 11) is 0. The molecule has 0 saturated heterocycles. The van der Waals surface area contributed by atoms with Crippen molar-refractivity contribution in [1.29, 1.82) is 0 Å². The highest BCUT2D eigenvalue weighted by Gasteiger charge is 2.02. The van der Waals surface area contributed by atoms with E-state index in [0.717, 1.165) is 28.3 Å². The number of benzene rings is 1. The van der Waals surface area contributed by atoms with Gasteiger partial charge < -0.3 is 10.6 Å². The van der Waals surface area contributed by atoms with Crippen molar-refractivity contribution in [2.75, 3.05) is 17.2 Å². The lowest BCUT2D eigenvalue weighted by molar-refractivity contribution is 1.16. The van der Waals surface area contributed by atoms with Crippen molar-refractivity contribution in [3.63, 3.8) is 0 Å². The average Bonchev–Trinajstić information content (AvgIpc) is 2.34. The number of anilines is 3. The standard InChI is InChI=1S/C13H13BrClN3/c1-2-16-12-4-3-5-13(18-12)17-11-7-6-9(14)8-10(11)15/h3-8H,2H2,1H3,(H2,16,17,18). The fraction of sp³-hybridized carbons (Fsp3) is 0.154. The van der Waals surface area contributed by atoms with Crippen molar-refractivity contribution in [3.8, 4) is 0 Å². The third-order valence-electron chi connectivity index (χ3n) is 2.30. The predicted molar refractivity (Wildman–Crippen MR) is 80.8 cm³/mol. The Morgan fingerprint density at radius 2 is 2.00 bits per heavy atom. The van der Waals surface area contributed by atoms with Gasteiger partial charge in [0.25, 0.3) is 0 Å². The fourth-order valence-corrected chi connectivity index (χ4v) is 2.23. The molecule has 0 saturated carbocycles. The molecule has 0 radical (unpaired) electrons. The zero-order valence-corrected chi connectivity index (χ0v) is 12.2. The molecule has 0 aliphatic rings. The van der Waals surface area contributed by atoms with E-state index in [0.29, 0.717) is 5.02 Å². The molecule has 0 bridgehead atoms. The minimum Gasteiger partial charge on any atom is -0.370 e. The molecule has 1 aromatic heterocycles. The van der Waals surface area contributed by atoms with Crippen LogP contribution in [-0.2, 0) is 0 Å². The van der Waals surface area contributed by atoms with E-state index >= 15 is 0 Å². The molecule has 1 heterocycles. The van der Waals surface area contributed by atoms with Gasteiger partial charge in [0.1, 0.15) is 11.6 Å². The zero-order chi connectivity index (χ0) is 13.0. The Hall–Kier alpha value is -1.26. The van der Waals surface area contributed by atoms with Gasteiger partial charge in [0.05, 0.1) is 10.7 Å². The van der Waals surface area contributed by atoms with E-state index in [2.05, 4.69) is 31.5 Å². The summed E-state index contributed by atoms with van der Waals surface area (Å²) < 4.78 is 0.951. The van der Waals surface area contributed by atoms with E-state index in [9.17, 15) is 0 Å². The SMILES string of the molecule is CCNc1cccc(Nc2ccc(Br)cc2Cl)n1. The van der Waals surface area contributed by atoms with E-state index in [1.54, 1.807) is 0 Å². The second kappa shape index (κ2) is 6.07. The molecule has 1 aromatic carbocycles. The van der Waals surface area contributed by atoms with Crippen molar-refractivity contribution in [3.05, 3.63) is 45.9 Å². The van der Waals surface area contributed by atoms with Gasteiger partial charge in [0, 0.05) is 11.0 Å². The normalized spacial score (nSPS) is 10.2. The first kappa shape index (κ1) is 13.2. The first-order valence-electron chi connectivity index (χ1n) is 5.62. The number of nitrogens with one attached hydrogen (secondary N) is 2. The van der Waals surface area contributed by atoms with Crippen LogP contribution in [0.1, 0.15) is 6.92 Å². The second-order valence-electron chi connectivity index (χ2n) is 3.69. The summed E-state index contributed by atoms with van der Waals surface area (Å²) in [6.07, 6.45) is 0. The van der Waals surface area contributed by atoms with Gasteiger partial charge in [0.2, 0.25) is 0 Å². The van der Waals surface area contributed by atoms with Gasteiger partial charge in [0.15, 0.2) is 0 Å². The number of nitrogens with zero attached hydrogens (tertiary/aromatic N) is 1. The third kappa shape index (κ3) is 3.37. The maximum Gasteiger partial charge on any atom is 0.132 e. The number of pyridine rings is 1. The molecule has 2 N–H and O–H groups in total. The molecule has 5 heteroatoms. The van der Waals surface area contributed by atoms with E-state index in [1.165, 1.54) is 0 Å². The second-order valence-corrected chi connectivity index (χ2v) is 5.01. The van der Waals surface area contributed by atoms with Crippen LogP contribution in [0.25, 0.3) is 0 Å². The number of hydrogen-bond acceptors (Lipinski definition) is 3. The minimum atomic E-state index is 0.653. The lowest BCUT2D eigenvalue weighted by Gasteiger charge is -2.09. The number of rotatable bonds is 4. The third-order valence-corrected chi connectivity index (χ3v) is 3.11. The lowest BCUT2D eigenvalue weighted by atomic mass is 10.3.